The zero-order chi connectivity index (χ0) is 24.1. The van der Waals surface area contributed by atoms with Crippen LogP contribution in [0.3, 0.4) is 0 Å². The van der Waals surface area contributed by atoms with Gasteiger partial charge in [-0.1, -0.05) is 31.9 Å². The topological polar surface area (TPSA) is 70.3 Å². The second kappa shape index (κ2) is 11.1. The van der Waals surface area contributed by atoms with Crippen LogP contribution in [0.15, 0.2) is 36.8 Å². The molecule has 0 amide bonds. The van der Waals surface area contributed by atoms with Crippen LogP contribution < -0.4 is 11.1 Å². The Hall–Kier alpha value is -2.74. The highest BCUT2D eigenvalue weighted by Crippen LogP contribution is 2.27. The maximum atomic E-state index is 12.9. The quantitative estimate of drug-likeness (QED) is 0.691. The first-order valence-electron chi connectivity index (χ1n) is 12.3. The van der Waals surface area contributed by atoms with Gasteiger partial charge >= 0.3 is 0 Å². The minimum absolute atomic E-state index is 0.357. The number of likely N-dealkylation sites (N-methyl/N-ethyl adjacent to an activating group) is 1. The number of hydrogen-bond donors (Lipinski definition) is 2. The van der Waals surface area contributed by atoms with Crippen molar-refractivity contribution in [3.63, 3.8) is 0 Å². The molecule has 6 nitrogen and oxygen atoms in total. The van der Waals surface area contributed by atoms with E-state index in [-0.39, 0.29) is 0 Å². The minimum Gasteiger partial charge on any atom is -0.386 e. The molecule has 1 unspecified atom stereocenters. The van der Waals surface area contributed by atoms with Crippen molar-refractivity contribution in [1.82, 2.24) is 19.8 Å². The van der Waals surface area contributed by atoms with Crippen molar-refractivity contribution in [3.05, 3.63) is 65.3 Å². The smallest absolute Gasteiger partial charge is 0.223 e. The summed E-state index contributed by atoms with van der Waals surface area (Å²) in [4.78, 5) is 13.4. The number of nitrogens with two attached hydrogens (primary N) is 1. The summed E-state index contributed by atoms with van der Waals surface area (Å²) < 4.78 is 25.6. The molecular formula is C26H36F2N6. The van der Waals surface area contributed by atoms with Crippen LogP contribution in [0.4, 0.5) is 14.7 Å². The number of rotatable bonds is 4. The summed E-state index contributed by atoms with van der Waals surface area (Å²) in [6.07, 6.45) is 10.4. The number of hydrogen-bond acceptors (Lipinski definition) is 6. The van der Waals surface area contributed by atoms with Crippen molar-refractivity contribution >= 4 is 5.95 Å². The van der Waals surface area contributed by atoms with Crippen LogP contribution >= 0.6 is 0 Å². The highest BCUT2D eigenvalue weighted by molar-refractivity contribution is 5.32. The predicted molar refractivity (Wildman–Crippen MR) is 131 cm³/mol. The normalized spacial score (nSPS) is 20.9. The number of halogens is 2. The first kappa shape index (κ1) is 24.4. The number of aromatic nitrogens is 2. The van der Waals surface area contributed by atoms with Crippen molar-refractivity contribution in [3.8, 4) is 0 Å². The largest absolute Gasteiger partial charge is 0.386 e. The van der Waals surface area contributed by atoms with Crippen LogP contribution in [0.1, 0.15) is 61.3 Å². The molecule has 1 aromatic heterocycles. The lowest BCUT2D eigenvalue weighted by Crippen LogP contribution is -2.34. The molecular weight excluding hydrogens is 434 g/mol. The molecule has 0 radical (unpaired) electrons. The highest BCUT2D eigenvalue weighted by Gasteiger charge is 2.22. The maximum absolute atomic E-state index is 12.9. The lowest BCUT2D eigenvalue weighted by Gasteiger charge is -2.29. The van der Waals surface area contributed by atoms with Crippen molar-refractivity contribution in [2.75, 3.05) is 32.0 Å². The van der Waals surface area contributed by atoms with Gasteiger partial charge in [0, 0.05) is 25.3 Å². The molecule has 184 valence electrons. The Kier molecular flexibility index (Phi) is 7.98. The minimum atomic E-state index is -0.764. The molecule has 1 aromatic carbocycles. The third-order valence-corrected chi connectivity index (χ3v) is 7.10. The number of anilines is 1. The standard InChI is InChI=1S/C15H23N5.C11H13F2N/c1-11(16)20-8-7-12-9-17-15(19-14(12)10-20)18-13-5-3-2-4-6-13;1-14-5-4-9(7-14)8-2-3-10(12)11(13)6-8/h9,13H,1-8,10,16H2,(H,17,18,19);2-3,6,9H,4-5,7H2,1H3. The Morgan fingerprint density at radius 3 is 2.59 bits per heavy atom. The molecule has 0 bridgehead atoms. The lowest BCUT2D eigenvalue weighted by molar-refractivity contribution is 0.314. The molecule has 3 N–H and O–H groups in total. The molecule has 2 aromatic rings. The van der Waals surface area contributed by atoms with Crippen LogP contribution in [0, 0.1) is 11.6 Å². The summed E-state index contributed by atoms with van der Waals surface area (Å²) in [6.45, 7) is 7.43. The van der Waals surface area contributed by atoms with E-state index in [9.17, 15) is 8.78 Å². The molecule has 1 saturated carbocycles. The average molecular weight is 471 g/mol. The first-order chi connectivity index (χ1) is 16.4. The first-order valence-corrected chi connectivity index (χ1v) is 12.3. The number of nitrogens with one attached hydrogen (secondary N) is 1. The Morgan fingerprint density at radius 1 is 1.12 bits per heavy atom. The molecule has 2 fully saturated rings. The number of fused-ring (bicyclic) bond motifs is 1. The fraction of sp³-hybridized carbons (Fsp3) is 0.538. The molecule has 0 spiro atoms. The Balaban J connectivity index is 0.000000172. The van der Waals surface area contributed by atoms with E-state index < -0.39 is 11.6 Å². The van der Waals surface area contributed by atoms with E-state index in [2.05, 4.69) is 31.7 Å². The van der Waals surface area contributed by atoms with Gasteiger partial charge in [-0.3, -0.25) is 0 Å². The molecule has 1 saturated heterocycles. The second-order valence-corrected chi connectivity index (χ2v) is 9.73. The Labute approximate surface area is 201 Å². The van der Waals surface area contributed by atoms with Crippen molar-refractivity contribution in [2.24, 2.45) is 5.73 Å². The van der Waals surface area contributed by atoms with Crippen molar-refractivity contribution in [2.45, 2.75) is 63.5 Å². The van der Waals surface area contributed by atoms with E-state index in [0.717, 1.165) is 56.2 Å². The summed E-state index contributed by atoms with van der Waals surface area (Å²) >= 11 is 0. The summed E-state index contributed by atoms with van der Waals surface area (Å²) in [6, 6.07) is 4.75. The van der Waals surface area contributed by atoms with Crippen LogP contribution in [-0.2, 0) is 13.0 Å². The summed E-state index contributed by atoms with van der Waals surface area (Å²) in [5.74, 6) is 0.239. The van der Waals surface area contributed by atoms with Gasteiger partial charge in [0.2, 0.25) is 5.95 Å². The third kappa shape index (κ3) is 6.23. The van der Waals surface area contributed by atoms with Gasteiger partial charge in [0.05, 0.1) is 18.1 Å². The zero-order valence-corrected chi connectivity index (χ0v) is 20.1. The van der Waals surface area contributed by atoms with Gasteiger partial charge in [-0.15, -0.1) is 0 Å². The van der Waals surface area contributed by atoms with E-state index in [1.165, 1.54) is 49.8 Å². The summed E-state index contributed by atoms with van der Waals surface area (Å²) in [5, 5.41) is 3.48. The van der Waals surface area contributed by atoms with E-state index in [0.29, 0.717) is 17.8 Å². The molecule has 5 rings (SSSR count). The van der Waals surface area contributed by atoms with Crippen LogP contribution in [0.5, 0.6) is 0 Å². The van der Waals surface area contributed by atoms with E-state index >= 15 is 0 Å². The fourth-order valence-electron chi connectivity index (χ4n) is 5.02. The van der Waals surface area contributed by atoms with Gasteiger partial charge < -0.3 is 20.9 Å². The molecule has 8 heteroatoms. The van der Waals surface area contributed by atoms with E-state index in [1.807, 2.05) is 13.2 Å². The number of likely N-dealkylation sites (tertiary alicyclic amines) is 1. The number of benzene rings is 1. The second-order valence-electron chi connectivity index (χ2n) is 9.73. The zero-order valence-electron chi connectivity index (χ0n) is 20.1. The lowest BCUT2D eigenvalue weighted by atomic mass is 9.96. The summed E-state index contributed by atoms with van der Waals surface area (Å²) in [5.41, 5.74) is 9.01. The van der Waals surface area contributed by atoms with Gasteiger partial charge in [0.25, 0.3) is 0 Å². The van der Waals surface area contributed by atoms with Crippen molar-refractivity contribution < 1.29 is 8.78 Å². The van der Waals surface area contributed by atoms with Crippen molar-refractivity contribution in [1.29, 1.82) is 0 Å². The fourth-order valence-corrected chi connectivity index (χ4v) is 5.02. The van der Waals surface area contributed by atoms with Gasteiger partial charge in [-0.2, -0.15) is 0 Å². The Morgan fingerprint density at radius 2 is 1.91 bits per heavy atom. The average Bonchev–Trinajstić information content (AvgIpc) is 3.27. The van der Waals surface area contributed by atoms with Gasteiger partial charge in [-0.25, -0.2) is 18.7 Å². The SMILES string of the molecule is C=C(N)N1CCc2cnc(NC3CCCCC3)nc2C1.CN1CCC(c2ccc(F)c(F)c2)C1. The van der Waals surface area contributed by atoms with Gasteiger partial charge in [0.15, 0.2) is 11.6 Å². The molecule has 3 aliphatic rings. The van der Waals surface area contributed by atoms with Gasteiger partial charge in [0.1, 0.15) is 0 Å². The summed E-state index contributed by atoms with van der Waals surface area (Å²) in [7, 11) is 2.04. The van der Waals surface area contributed by atoms with E-state index in [1.54, 1.807) is 6.07 Å². The van der Waals surface area contributed by atoms with Crippen LogP contribution in [0.2, 0.25) is 0 Å². The van der Waals surface area contributed by atoms with Crippen LogP contribution in [0.25, 0.3) is 0 Å². The number of nitrogens with zero attached hydrogens (tertiary/aromatic N) is 4. The van der Waals surface area contributed by atoms with Gasteiger partial charge in [-0.05, 0) is 68.5 Å². The highest BCUT2D eigenvalue weighted by atomic mass is 19.2. The third-order valence-electron chi connectivity index (χ3n) is 7.10. The molecule has 1 aliphatic carbocycles. The molecule has 3 heterocycles. The van der Waals surface area contributed by atoms with Crippen LogP contribution in [-0.4, -0.2) is 52.5 Å². The Bertz CT molecular complexity index is 991. The predicted octanol–water partition coefficient (Wildman–Crippen LogP) is 4.39. The molecule has 34 heavy (non-hydrogen) atoms. The molecule has 2 aliphatic heterocycles. The molecule has 1 atom stereocenters. The van der Waals surface area contributed by atoms with E-state index in [4.69, 9.17) is 5.73 Å². The maximum Gasteiger partial charge on any atom is 0.223 e. The monoisotopic (exact) mass is 470 g/mol.